The number of imidazole rings is 1. The van der Waals surface area contributed by atoms with E-state index in [0.717, 1.165) is 0 Å². The van der Waals surface area contributed by atoms with Crippen molar-refractivity contribution >= 4 is 34.5 Å². The van der Waals surface area contributed by atoms with Crippen LogP contribution in [-0.4, -0.2) is 41.4 Å². The number of esters is 1. The van der Waals surface area contributed by atoms with Gasteiger partial charge in [-0.15, -0.1) is 0 Å². The number of H-pyrrole nitrogens is 1. The number of fused-ring (bicyclic) bond motifs is 1. The van der Waals surface area contributed by atoms with Gasteiger partial charge in [0.15, 0.2) is 5.82 Å². The molecule has 0 aliphatic rings. The van der Waals surface area contributed by atoms with E-state index in [-0.39, 0.29) is 12.1 Å². The van der Waals surface area contributed by atoms with Gasteiger partial charge in [0.25, 0.3) is 18.2 Å². The largest absolute Gasteiger partial charge is 0.468 e. The van der Waals surface area contributed by atoms with Crippen LogP contribution in [0.25, 0.3) is 11.0 Å². The first-order chi connectivity index (χ1) is 13.9. The quantitative estimate of drug-likeness (QED) is 0.549. The summed E-state index contributed by atoms with van der Waals surface area (Å²) in [4.78, 5) is 41.6. The third-order valence-electron chi connectivity index (χ3n) is 3.99. The number of anilines is 1. The number of halogens is 2. The minimum absolute atomic E-state index is 0.252. The highest BCUT2D eigenvalue weighted by molar-refractivity contribution is 6.06. The Morgan fingerprint density at radius 1 is 1.07 bits per heavy atom. The van der Waals surface area contributed by atoms with Crippen LogP contribution in [0, 0.1) is 0 Å². The van der Waals surface area contributed by atoms with Gasteiger partial charge in [-0.25, -0.2) is 13.8 Å². The first-order valence-corrected chi connectivity index (χ1v) is 8.41. The molecule has 150 valence electrons. The Kier molecular flexibility index (Phi) is 5.82. The van der Waals surface area contributed by atoms with Crippen molar-refractivity contribution < 1.29 is 27.9 Å². The molecule has 0 radical (unpaired) electrons. The second-order valence-corrected chi connectivity index (χ2v) is 5.94. The van der Waals surface area contributed by atoms with Crippen molar-refractivity contribution in [2.45, 2.75) is 6.43 Å². The van der Waals surface area contributed by atoms with Crippen LogP contribution in [-0.2, 0) is 9.53 Å². The van der Waals surface area contributed by atoms with Crippen LogP contribution in [0.15, 0.2) is 42.5 Å². The molecule has 1 heterocycles. The van der Waals surface area contributed by atoms with Crippen molar-refractivity contribution in [3.63, 3.8) is 0 Å². The second-order valence-electron chi connectivity index (χ2n) is 5.94. The smallest absolute Gasteiger partial charge is 0.325 e. The highest BCUT2D eigenvalue weighted by Gasteiger charge is 2.15. The van der Waals surface area contributed by atoms with Crippen molar-refractivity contribution in [2.24, 2.45) is 0 Å². The molecule has 3 aromatic rings. The van der Waals surface area contributed by atoms with Crippen LogP contribution in [0.5, 0.6) is 0 Å². The normalized spacial score (nSPS) is 10.8. The summed E-state index contributed by atoms with van der Waals surface area (Å²) in [5.41, 5.74) is 1.63. The first kappa shape index (κ1) is 19.9. The van der Waals surface area contributed by atoms with Gasteiger partial charge in [-0.2, -0.15) is 0 Å². The average molecular weight is 402 g/mol. The number of methoxy groups -OCH3 is 1. The molecule has 10 heteroatoms. The number of hydrogen-bond donors (Lipinski definition) is 3. The number of nitrogens with zero attached hydrogens (tertiary/aromatic N) is 1. The van der Waals surface area contributed by atoms with Crippen molar-refractivity contribution in [1.82, 2.24) is 15.3 Å². The summed E-state index contributed by atoms with van der Waals surface area (Å²) in [6.45, 7) is -0.253. The molecule has 0 unspecified atom stereocenters. The lowest BCUT2D eigenvalue weighted by atomic mass is 10.1. The Morgan fingerprint density at radius 2 is 1.76 bits per heavy atom. The van der Waals surface area contributed by atoms with Crippen LogP contribution >= 0.6 is 0 Å². The number of nitrogens with one attached hydrogen (secondary N) is 3. The molecule has 3 N–H and O–H groups in total. The van der Waals surface area contributed by atoms with Gasteiger partial charge in [-0.05, 0) is 42.5 Å². The van der Waals surface area contributed by atoms with Crippen molar-refractivity contribution in [3.8, 4) is 0 Å². The SMILES string of the molecule is COC(=O)CNC(=O)c1ccc(NC(=O)c2ccc3nc(C(F)F)[nH]c3c2)cc1. The van der Waals surface area contributed by atoms with Crippen LogP contribution in [0.4, 0.5) is 14.5 Å². The number of carbonyl (C=O) groups is 3. The highest BCUT2D eigenvalue weighted by Crippen LogP contribution is 2.21. The first-order valence-electron chi connectivity index (χ1n) is 8.41. The van der Waals surface area contributed by atoms with Crippen molar-refractivity contribution in [3.05, 3.63) is 59.4 Å². The molecule has 0 spiro atoms. The molecule has 0 saturated carbocycles. The molecule has 29 heavy (non-hydrogen) atoms. The van der Waals surface area contributed by atoms with Gasteiger partial charge in [0.2, 0.25) is 0 Å². The van der Waals surface area contributed by atoms with E-state index in [9.17, 15) is 23.2 Å². The van der Waals surface area contributed by atoms with E-state index in [4.69, 9.17) is 0 Å². The number of benzene rings is 2. The molecule has 0 fully saturated rings. The summed E-state index contributed by atoms with van der Waals surface area (Å²) < 4.78 is 29.9. The zero-order chi connectivity index (χ0) is 21.0. The van der Waals surface area contributed by atoms with E-state index < -0.39 is 30.0 Å². The Balaban J connectivity index is 1.66. The number of aromatic amines is 1. The molecular weight excluding hydrogens is 386 g/mol. The second kappa shape index (κ2) is 8.46. The van der Waals surface area contributed by atoms with Crippen LogP contribution in [0.2, 0.25) is 0 Å². The topological polar surface area (TPSA) is 113 Å². The summed E-state index contributed by atoms with van der Waals surface area (Å²) in [5.74, 6) is -1.95. The molecular formula is C19H16F2N4O4. The maximum atomic E-state index is 12.7. The molecule has 0 atom stereocenters. The van der Waals surface area contributed by atoms with Gasteiger partial charge in [0.05, 0.1) is 18.1 Å². The van der Waals surface area contributed by atoms with Crippen LogP contribution in [0.1, 0.15) is 33.0 Å². The van der Waals surface area contributed by atoms with E-state index in [1.807, 2.05) is 0 Å². The Labute approximate surface area is 163 Å². The molecule has 0 aliphatic carbocycles. The Morgan fingerprint density at radius 3 is 2.41 bits per heavy atom. The van der Waals surface area contributed by atoms with Gasteiger partial charge in [-0.1, -0.05) is 0 Å². The fourth-order valence-electron chi connectivity index (χ4n) is 2.51. The summed E-state index contributed by atoms with van der Waals surface area (Å²) in [7, 11) is 1.22. The summed E-state index contributed by atoms with van der Waals surface area (Å²) in [6.07, 6.45) is -2.73. The van der Waals surface area contributed by atoms with E-state index in [1.54, 1.807) is 0 Å². The van der Waals surface area contributed by atoms with Gasteiger partial charge < -0.3 is 20.4 Å². The summed E-state index contributed by atoms with van der Waals surface area (Å²) in [6, 6.07) is 10.4. The van der Waals surface area contributed by atoms with E-state index in [0.29, 0.717) is 22.3 Å². The molecule has 0 bridgehead atoms. The van der Waals surface area contributed by atoms with Gasteiger partial charge in [-0.3, -0.25) is 14.4 Å². The summed E-state index contributed by atoms with van der Waals surface area (Å²) in [5, 5.41) is 5.05. The zero-order valence-corrected chi connectivity index (χ0v) is 15.2. The molecule has 8 nitrogen and oxygen atoms in total. The highest BCUT2D eigenvalue weighted by atomic mass is 19.3. The number of alkyl halides is 2. The maximum absolute atomic E-state index is 12.7. The lowest BCUT2D eigenvalue weighted by molar-refractivity contribution is -0.139. The zero-order valence-electron chi connectivity index (χ0n) is 15.2. The number of amides is 2. The number of carbonyl (C=O) groups excluding carboxylic acids is 3. The molecule has 2 aromatic carbocycles. The third kappa shape index (κ3) is 4.72. The number of hydrogen-bond acceptors (Lipinski definition) is 5. The predicted octanol–water partition coefficient (Wildman–Crippen LogP) is 2.66. The monoisotopic (exact) mass is 402 g/mol. The lowest BCUT2D eigenvalue weighted by Crippen LogP contribution is -2.30. The van der Waals surface area contributed by atoms with E-state index in [2.05, 4.69) is 25.3 Å². The molecule has 0 aliphatic heterocycles. The fourth-order valence-corrected chi connectivity index (χ4v) is 2.51. The van der Waals surface area contributed by atoms with Crippen molar-refractivity contribution in [2.75, 3.05) is 19.0 Å². The Bertz CT molecular complexity index is 1060. The van der Waals surface area contributed by atoms with Crippen LogP contribution in [0.3, 0.4) is 0 Å². The average Bonchev–Trinajstić information content (AvgIpc) is 3.16. The number of rotatable bonds is 6. The Hall–Kier alpha value is -3.82. The minimum atomic E-state index is -2.73. The van der Waals surface area contributed by atoms with E-state index >= 15 is 0 Å². The lowest BCUT2D eigenvalue weighted by Gasteiger charge is -2.07. The molecule has 3 rings (SSSR count). The van der Waals surface area contributed by atoms with Gasteiger partial charge in [0, 0.05) is 16.8 Å². The predicted molar refractivity (Wildman–Crippen MR) is 99.8 cm³/mol. The van der Waals surface area contributed by atoms with Crippen molar-refractivity contribution in [1.29, 1.82) is 0 Å². The third-order valence-corrected chi connectivity index (χ3v) is 3.99. The van der Waals surface area contributed by atoms with Gasteiger partial charge in [0.1, 0.15) is 6.54 Å². The molecule has 2 amide bonds. The fraction of sp³-hybridized carbons (Fsp3) is 0.158. The molecule has 0 saturated heterocycles. The maximum Gasteiger partial charge on any atom is 0.325 e. The number of ether oxygens (including phenoxy) is 1. The van der Waals surface area contributed by atoms with E-state index in [1.165, 1.54) is 49.6 Å². The van der Waals surface area contributed by atoms with Crippen LogP contribution < -0.4 is 10.6 Å². The van der Waals surface area contributed by atoms with Gasteiger partial charge >= 0.3 is 5.97 Å². The summed E-state index contributed by atoms with van der Waals surface area (Å²) >= 11 is 0. The minimum Gasteiger partial charge on any atom is -0.468 e. The number of aromatic nitrogens is 2. The standard InChI is InChI=1S/C19H16F2N4O4/c1-29-15(26)9-22-18(27)10-2-5-12(6-3-10)23-19(28)11-4-7-13-14(8-11)25-17(24-13)16(20)21/h2-8,16H,9H2,1H3,(H,22,27)(H,23,28)(H,24,25). The molecule has 1 aromatic heterocycles.